The van der Waals surface area contributed by atoms with Crippen LogP contribution in [0, 0.1) is 5.92 Å². The van der Waals surface area contributed by atoms with Crippen LogP contribution in [0.2, 0.25) is 0 Å². The third kappa shape index (κ3) is 1.62. The Morgan fingerprint density at radius 2 is 2.06 bits per heavy atom. The molecule has 0 amide bonds. The average molecular weight is 219 g/mol. The van der Waals surface area contributed by atoms with Crippen molar-refractivity contribution in [2.75, 3.05) is 5.32 Å². The van der Waals surface area contributed by atoms with Gasteiger partial charge in [0.1, 0.15) is 5.82 Å². The summed E-state index contributed by atoms with van der Waals surface area (Å²) in [7, 11) is 0. The molecule has 3 rings (SSSR count). The second-order valence-electron chi connectivity index (χ2n) is 6.23. The smallest absolute Gasteiger partial charge is 0.128 e. The molecule has 1 fully saturated rings. The molecule has 88 valence electrons. The van der Waals surface area contributed by atoms with Gasteiger partial charge in [0.15, 0.2) is 0 Å². The molecule has 1 saturated carbocycles. The quantitative estimate of drug-likeness (QED) is 0.787. The summed E-state index contributed by atoms with van der Waals surface area (Å²) in [5.41, 5.74) is 1.47. The number of aromatic nitrogens is 2. The number of hydrogen-bond donors (Lipinski definition) is 1. The summed E-state index contributed by atoms with van der Waals surface area (Å²) < 4.78 is 2.15. The number of hydrogen-bond acceptors (Lipinski definition) is 2. The zero-order chi connectivity index (χ0) is 11.3. The van der Waals surface area contributed by atoms with Crippen molar-refractivity contribution in [3.63, 3.8) is 0 Å². The minimum absolute atomic E-state index is 0.0754. The molecule has 1 aromatic rings. The van der Waals surface area contributed by atoms with Crippen molar-refractivity contribution < 1.29 is 0 Å². The van der Waals surface area contributed by atoms with Gasteiger partial charge in [0, 0.05) is 11.6 Å². The lowest BCUT2D eigenvalue weighted by Crippen LogP contribution is -2.32. The van der Waals surface area contributed by atoms with E-state index in [1.165, 1.54) is 37.1 Å². The molecule has 16 heavy (non-hydrogen) atoms. The molecule has 1 atom stereocenters. The van der Waals surface area contributed by atoms with Crippen LogP contribution in [-0.4, -0.2) is 15.8 Å². The molecule has 1 aromatic heterocycles. The first-order valence-corrected chi connectivity index (χ1v) is 6.39. The number of fused-ring (bicyclic) bond motifs is 1. The summed E-state index contributed by atoms with van der Waals surface area (Å²) in [6, 6.07) is 0.699. The minimum Gasteiger partial charge on any atom is -0.367 e. The molecule has 0 radical (unpaired) electrons. The molecule has 3 heteroatoms. The topological polar surface area (TPSA) is 29.9 Å². The first-order chi connectivity index (χ1) is 7.55. The van der Waals surface area contributed by atoms with Crippen molar-refractivity contribution in [3.8, 4) is 0 Å². The summed E-state index contributed by atoms with van der Waals surface area (Å²) >= 11 is 0. The highest BCUT2D eigenvalue weighted by atomic mass is 15.4. The first-order valence-electron chi connectivity index (χ1n) is 6.39. The van der Waals surface area contributed by atoms with E-state index in [-0.39, 0.29) is 5.54 Å². The van der Waals surface area contributed by atoms with E-state index in [0.717, 1.165) is 5.92 Å². The number of aryl methyl sites for hydroxylation is 1. The van der Waals surface area contributed by atoms with Crippen LogP contribution in [0.25, 0.3) is 0 Å². The Morgan fingerprint density at radius 3 is 2.69 bits per heavy atom. The lowest BCUT2D eigenvalue weighted by Gasteiger charge is -2.29. The molecule has 0 aromatic carbocycles. The minimum atomic E-state index is 0.0754. The largest absolute Gasteiger partial charge is 0.367 e. The van der Waals surface area contributed by atoms with Crippen LogP contribution in [0.15, 0.2) is 6.20 Å². The van der Waals surface area contributed by atoms with E-state index >= 15 is 0 Å². The van der Waals surface area contributed by atoms with Crippen molar-refractivity contribution >= 4 is 5.82 Å². The molecule has 0 spiro atoms. The van der Waals surface area contributed by atoms with Gasteiger partial charge < -0.3 is 5.32 Å². The van der Waals surface area contributed by atoms with Gasteiger partial charge in [0.2, 0.25) is 0 Å². The Morgan fingerprint density at radius 1 is 1.31 bits per heavy atom. The van der Waals surface area contributed by atoms with Crippen molar-refractivity contribution in [3.05, 3.63) is 11.8 Å². The van der Waals surface area contributed by atoms with Gasteiger partial charge in [-0.1, -0.05) is 0 Å². The lowest BCUT2D eigenvalue weighted by atomic mass is 9.98. The Hall–Kier alpha value is -0.990. The molecule has 3 nitrogen and oxygen atoms in total. The van der Waals surface area contributed by atoms with E-state index < -0.39 is 0 Å². The third-order valence-electron chi connectivity index (χ3n) is 3.72. The van der Waals surface area contributed by atoms with Crippen molar-refractivity contribution in [1.82, 2.24) is 9.78 Å². The van der Waals surface area contributed by atoms with E-state index in [4.69, 9.17) is 0 Å². The fourth-order valence-electron chi connectivity index (χ4n) is 2.64. The summed E-state index contributed by atoms with van der Waals surface area (Å²) in [5, 5.41) is 8.25. The van der Waals surface area contributed by atoms with E-state index in [2.05, 4.69) is 35.9 Å². The molecule has 1 N–H and O–H groups in total. The van der Waals surface area contributed by atoms with Crippen LogP contribution in [0.3, 0.4) is 0 Å². The van der Waals surface area contributed by atoms with Crippen molar-refractivity contribution in [2.45, 2.75) is 58.0 Å². The Bertz CT molecular complexity index is 396. The van der Waals surface area contributed by atoms with Crippen LogP contribution < -0.4 is 5.32 Å². The van der Waals surface area contributed by atoms with E-state index in [9.17, 15) is 0 Å². The average Bonchev–Trinajstić information content (AvgIpc) is 2.95. The highest BCUT2D eigenvalue weighted by Gasteiger charge is 2.35. The van der Waals surface area contributed by atoms with Gasteiger partial charge in [0.05, 0.1) is 11.7 Å². The standard InChI is InChI=1S/C13H21N3/c1-13(2,3)16-12-10(8-14-16)6-7-11(15-12)9-4-5-9/h8-9,11,15H,4-7H2,1-3H3/t11-/m0/s1. The normalized spacial score (nSPS) is 25.1. The number of rotatable bonds is 1. The Labute approximate surface area is 97.2 Å². The molecule has 0 saturated heterocycles. The van der Waals surface area contributed by atoms with Crippen molar-refractivity contribution in [1.29, 1.82) is 0 Å². The number of anilines is 1. The van der Waals surface area contributed by atoms with E-state index in [0.29, 0.717) is 6.04 Å². The fourth-order valence-corrected chi connectivity index (χ4v) is 2.64. The van der Waals surface area contributed by atoms with E-state index in [1.807, 2.05) is 6.20 Å². The highest BCUT2D eigenvalue weighted by molar-refractivity contribution is 5.48. The van der Waals surface area contributed by atoms with Crippen LogP contribution >= 0.6 is 0 Å². The number of nitrogens with zero attached hydrogens (tertiary/aromatic N) is 2. The maximum Gasteiger partial charge on any atom is 0.128 e. The molecule has 2 heterocycles. The SMILES string of the molecule is CC(C)(C)n1ncc2c1N[C@H](C1CC1)CC2. The Balaban J connectivity index is 1.91. The zero-order valence-electron chi connectivity index (χ0n) is 10.5. The zero-order valence-corrected chi connectivity index (χ0v) is 10.5. The van der Waals surface area contributed by atoms with Gasteiger partial charge in [-0.3, -0.25) is 0 Å². The van der Waals surface area contributed by atoms with Gasteiger partial charge in [0.25, 0.3) is 0 Å². The predicted octanol–water partition coefficient (Wildman–Crippen LogP) is 2.77. The van der Waals surface area contributed by atoms with Crippen LogP contribution in [-0.2, 0) is 12.0 Å². The van der Waals surface area contributed by atoms with Gasteiger partial charge in [-0.2, -0.15) is 5.10 Å². The monoisotopic (exact) mass is 219 g/mol. The second kappa shape index (κ2) is 3.25. The summed E-state index contributed by atoms with van der Waals surface area (Å²) in [6.07, 6.45) is 7.34. The van der Waals surface area contributed by atoms with Crippen molar-refractivity contribution in [2.24, 2.45) is 5.92 Å². The lowest BCUT2D eigenvalue weighted by molar-refractivity contribution is 0.357. The molecule has 1 aliphatic heterocycles. The molecule has 1 aliphatic carbocycles. The predicted molar refractivity (Wildman–Crippen MR) is 65.7 cm³/mol. The fraction of sp³-hybridized carbons (Fsp3) is 0.769. The third-order valence-corrected chi connectivity index (χ3v) is 3.72. The Kier molecular flexibility index (Phi) is 2.07. The number of nitrogens with one attached hydrogen (secondary N) is 1. The highest BCUT2D eigenvalue weighted by Crippen LogP contribution is 2.40. The van der Waals surface area contributed by atoms with E-state index in [1.54, 1.807) is 0 Å². The maximum atomic E-state index is 4.54. The van der Waals surface area contributed by atoms with Gasteiger partial charge in [-0.15, -0.1) is 0 Å². The molecular weight excluding hydrogens is 198 g/mol. The molecular formula is C13H21N3. The summed E-state index contributed by atoms with van der Waals surface area (Å²) in [6.45, 7) is 6.63. The van der Waals surface area contributed by atoms with Gasteiger partial charge in [-0.05, 0) is 52.4 Å². The van der Waals surface area contributed by atoms with Crippen LogP contribution in [0.4, 0.5) is 5.82 Å². The van der Waals surface area contributed by atoms with Crippen LogP contribution in [0.5, 0.6) is 0 Å². The molecule has 0 unspecified atom stereocenters. The van der Waals surface area contributed by atoms with Crippen LogP contribution in [0.1, 0.15) is 45.6 Å². The summed E-state index contributed by atoms with van der Waals surface area (Å²) in [4.78, 5) is 0. The first kappa shape index (κ1) is 10.2. The van der Waals surface area contributed by atoms with Gasteiger partial charge >= 0.3 is 0 Å². The second-order valence-corrected chi connectivity index (χ2v) is 6.23. The summed E-state index contributed by atoms with van der Waals surface area (Å²) in [5.74, 6) is 2.20. The van der Waals surface area contributed by atoms with Gasteiger partial charge in [-0.25, -0.2) is 4.68 Å². The molecule has 0 bridgehead atoms. The molecule has 2 aliphatic rings. The maximum absolute atomic E-state index is 4.54.